The van der Waals surface area contributed by atoms with Crippen LogP contribution in [0.1, 0.15) is 133 Å². The smallest absolute Gasteiger partial charge is 0.0596 e. The van der Waals surface area contributed by atoms with Crippen LogP contribution >= 0.6 is 0 Å². The largest absolute Gasteiger partial charge is 0.393 e. The fraction of sp³-hybridized carbons (Fsp3) is 0.939. The van der Waals surface area contributed by atoms with Crippen LogP contribution < -0.4 is 0 Å². The highest BCUT2D eigenvalue weighted by molar-refractivity contribution is 5.33. The van der Waals surface area contributed by atoms with Gasteiger partial charge >= 0.3 is 0 Å². The summed E-state index contributed by atoms with van der Waals surface area (Å²) in [5.74, 6) is 3.91. The van der Waals surface area contributed by atoms with E-state index in [2.05, 4.69) is 61.5 Å². The molecule has 3 unspecified atom stereocenters. The monoisotopic (exact) mass is 470 g/mol. The van der Waals surface area contributed by atoms with Crippen LogP contribution in [0.25, 0.3) is 0 Å². The van der Waals surface area contributed by atoms with Gasteiger partial charge in [-0.15, -0.1) is 0 Å². The Hall–Kier alpha value is -0.300. The summed E-state index contributed by atoms with van der Waals surface area (Å²) >= 11 is 0. The van der Waals surface area contributed by atoms with Gasteiger partial charge in [-0.3, -0.25) is 0 Å². The van der Waals surface area contributed by atoms with E-state index in [-0.39, 0.29) is 11.5 Å². The molecular formula is C33H58O. The van der Waals surface area contributed by atoms with Gasteiger partial charge < -0.3 is 5.11 Å². The van der Waals surface area contributed by atoms with Gasteiger partial charge in [0.25, 0.3) is 0 Å². The van der Waals surface area contributed by atoms with Gasteiger partial charge in [0.05, 0.1) is 6.10 Å². The first kappa shape index (κ1) is 26.8. The molecule has 0 aromatic rings. The Kier molecular flexibility index (Phi) is 6.79. The normalized spacial score (nSPS) is 56.5. The molecule has 196 valence electrons. The van der Waals surface area contributed by atoms with Crippen molar-refractivity contribution < 1.29 is 5.11 Å². The fourth-order valence-electron chi connectivity index (χ4n) is 11.1. The minimum absolute atomic E-state index is 0.0949. The minimum Gasteiger partial charge on any atom is -0.393 e. The summed E-state index contributed by atoms with van der Waals surface area (Å²) in [6.45, 7) is 24.6. The molecule has 4 saturated carbocycles. The van der Waals surface area contributed by atoms with Crippen molar-refractivity contribution >= 4 is 0 Å². The van der Waals surface area contributed by atoms with E-state index < -0.39 is 0 Å². The summed E-state index contributed by atoms with van der Waals surface area (Å²) in [5, 5.41) is 11.1. The second-order valence-corrected chi connectivity index (χ2v) is 14.7. The van der Waals surface area contributed by atoms with Crippen molar-refractivity contribution in [2.75, 3.05) is 0 Å². The van der Waals surface area contributed by atoms with Crippen molar-refractivity contribution in [3.05, 3.63) is 11.6 Å². The number of allylic oxidation sites excluding steroid dienone is 2. The summed E-state index contributed by atoms with van der Waals surface area (Å²) in [5.41, 5.74) is 3.64. The second kappa shape index (κ2) is 8.63. The number of fused-ring (bicyclic) bond motifs is 7. The lowest BCUT2D eigenvalue weighted by molar-refractivity contribution is -0.208. The third-order valence-electron chi connectivity index (χ3n) is 13.9. The molecule has 0 radical (unpaired) electrons. The molecule has 0 aromatic carbocycles. The first-order chi connectivity index (χ1) is 15.9. The molecule has 0 heterocycles. The average Bonchev–Trinajstić information content (AvgIpc) is 2.81. The van der Waals surface area contributed by atoms with E-state index in [1.165, 1.54) is 51.4 Å². The summed E-state index contributed by atoms with van der Waals surface area (Å²) < 4.78 is 0. The number of rotatable bonds is 1. The van der Waals surface area contributed by atoms with Crippen molar-refractivity contribution in [3.63, 3.8) is 0 Å². The molecule has 11 atom stereocenters. The number of aliphatic hydroxyl groups is 1. The molecule has 0 saturated heterocycles. The first-order valence-corrected chi connectivity index (χ1v) is 15.3. The minimum atomic E-state index is -0.111. The summed E-state index contributed by atoms with van der Waals surface area (Å²) in [6.07, 6.45) is 15.7. The predicted molar refractivity (Wildman–Crippen MR) is 147 cm³/mol. The molecule has 1 N–H and O–H groups in total. The lowest BCUT2D eigenvalue weighted by Gasteiger charge is -2.71. The van der Waals surface area contributed by atoms with Crippen molar-refractivity contribution in [2.45, 2.75) is 140 Å². The highest BCUT2D eigenvalue weighted by Crippen LogP contribution is 2.75. The Bertz CT molecular complexity index is 798. The molecule has 0 amide bonds. The van der Waals surface area contributed by atoms with Gasteiger partial charge in [0.2, 0.25) is 0 Å². The Morgan fingerprint density at radius 3 is 2.18 bits per heavy atom. The van der Waals surface area contributed by atoms with Crippen LogP contribution in [-0.2, 0) is 0 Å². The van der Waals surface area contributed by atoms with Gasteiger partial charge in [0.15, 0.2) is 0 Å². The van der Waals surface area contributed by atoms with Crippen LogP contribution in [0.5, 0.6) is 0 Å². The molecule has 5 aliphatic carbocycles. The third-order valence-corrected chi connectivity index (χ3v) is 13.9. The van der Waals surface area contributed by atoms with E-state index >= 15 is 0 Å². The third kappa shape index (κ3) is 3.26. The summed E-state index contributed by atoms with van der Waals surface area (Å²) in [7, 11) is 0. The highest BCUT2D eigenvalue weighted by atomic mass is 16.3. The standard InChI is InChI=1S/C31H52O.C2H6/c1-9-28(5)23-13-17-31(8)24(29(23,6)16-14-25(28)32)11-10-22-26-21(3)20(2)12-15-27(26,4)18-19-30(22,31)7;1-2/h10,20-21,23-26,32H,9,11-19H2,1-8H3;1-2H3/t20-,21+,23?,24?,25+,26?,27-,28+,29+,30-,31-;/m1./s1. The van der Waals surface area contributed by atoms with Crippen LogP contribution in [0.4, 0.5) is 0 Å². The van der Waals surface area contributed by atoms with E-state index in [1.54, 1.807) is 0 Å². The molecule has 1 nitrogen and oxygen atoms in total. The molecular weight excluding hydrogens is 412 g/mol. The van der Waals surface area contributed by atoms with Crippen molar-refractivity contribution in [3.8, 4) is 0 Å². The van der Waals surface area contributed by atoms with Crippen molar-refractivity contribution in [1.29, 1.82) is 0 Å². The second-order valence-electron chi connectivity index (χ2n) is 14.7. The number of aliphatic hydroxyl groups excluding tert-OH is 1. The van der Waals surface area contributed by atoms with E-state index in [0.717, 1.165) is 36.5 Å². The van der Waals surface area contributed by atoms with Crippen LogP contribution in [0, 0.1) is 56.7 Å². The Morgan fingerprint density at radius 1 is 0.853 bits per heavy atom. The van der Waals surface area contributed by atoms with Gasteiger partial charge in [-0.1, -0.05) is 80.9 Å². The maximum absolute atomic E-state index is 11.1. The lowest BCUT2D eigenvalue weighted by atomic mass is 9.33. The van der Waals surface area contributed by atoms with Crippen LogP contribution in [0.15, 0.2) is 11.6 Å². The fourth-order valence-corrected chi connectivity index (χ4v) is 11.1. The van der Waals surface area contributed by atoms with Crippen molar-refractivity contribution in [2.24, 2.45) is 56.7 Å². The highest BCUT2D eigenvalue weighted by Gasteiger charge is 2.68. The van der Waals surface area contributed by atoms with E-state index in [4.69, 9.17) is 0 Å². The number of hydrogen-bond acceptors (Lipinski definition) is 1. The van der Waals surface area contributed by atoms with Crippen LogP contribution in [0.3, 0.4) is 0 Å². The molecule has 0 aromatic heterocycles. The Balaban J connectivity index is 0.00000133. The van der Waals surface area contributed by atoms with Crippen molar-refractivity contribution in [1.82, 2.24) is 0 Å². The summed E-state index contributed by atoms with van der Waals surface area (Å²) in [6, 6.07) is 0. The Labute approximate surface area is 212 Å². The SMILES string of the molecule is CC.CC[C@@]1(C)C2CC[C@]3(C)C(CC=C4C5[C@@H](C)[C@H](C)CC[C@]5(C)CC[C@]43C)[C@@]2(C)CC[C@@H]1O. The van der Waals surface area contributed by atoms with E-state index in [9.17, 15) is 5.11 Å². The molecule has 5 aliphatic rings. The molecule has 0 bridgehead atoms. The molecule has 0 aliphatic heterocycles. The zero-order valence-corrected chi connectivity index (χ0v) is 24.6. The van der Waals surface area contributed by atoms with Gasteiger partial charge in [-0.05, 0) is 121 Å². The average molecular weight is 471 g/mol. The molecule has 4 fully saturated rings. The Morgan fingerprint density at radius 2 is 1.53 bits per heavy atom. The topological polar surface area (TPSA) is 20.2 Å². The maximum Gasteiger partial charge on any atom is 0.0596 e. The maximum atomic E-state index is 11.1. The van der Waals surface area contributed by atoms with E-state index in [1.807, 2.05) is 19.4 Å². The predicted octanol–water partition coefficient (Wildman–Crippen LogP) is 9.44. The quantitative estimate of drug-likeness (QED) is 0.378. The van der Waals surface area contributed by atoms with Gasteiger partial charge in [0.1, 0.15) is 0 Å². The van der Waals surface area contributed by atoms with E-state index in [0.29, 0.717) is 27.6 Å². The van der Waals surface area contributed by atoms with Gasteiger partial charge in [-0.25, -0.2) is 0 Å². The zero-order valence-electron chi connectivity index (χ0n) is 24.6. The number of hydrogen-bond donors (Lipinski definition) is 1. The molecule has 34 heavy (non-hydrogen) atoms. The molecule has 5 rings (SSSR count). The van der Waals surface area contributed by atoms with Gasteiger partial charge in [-0.2, -0.15) is 0 Å². The molecule has 1 heteroatoms. The first-order valence-electron chi connectivity index (χ1n) is 15.3. The summed E-state index contributed by atoms with van der Waals surface area (Å²) in [4.78, 5) is 0. The lowest BCUT2D eigenvalue weighted by Crippen LogP contribution is -2.65. The molecule has 0 spiro atoms. The van der Waals surface area contributed by atoms with Crippen LogP contribution in [-0.4, -0.2) is 11.2 Å². The zero-order chi connectivity index (χ0) is 25.3. The van der Waals surface area contributed by atoms with Crippen LogP contribution in [0.2, 0.25) is 0 Å². The van der Waals surface area contributed by atoms with Gasteiger partial charge in [0, 0.05) is 0 Å².